The lowest BCUT2D eigenvalue weighted by Gasteiger charge is -2.10. The lowest BCUT2D eigenvalue weighted by atomic mass is 10.2. The van der Waals surface area contributed by atoms with Gasteiger partial charge in [-0.2, -0.15) is 5.26 Å². The van der Waals surface area contributed by atoms with Crippen molar-refractivity contribution in [2.45, 2.75) is 6.42 Å². The maximum absolute atomic E-state index is 11.2. The van der Waals surface area contributed by atoms with Gasteiger partial charge in [0.05, 0.1) is 24.7 Å². The van der Waals surface area contributed by atoms with Crippen molar-refractivity contribution in [2.24, 2.45) is 0 Å². The van der Waals surface area contributed by atoms with Gasteiger partial charge in [0.15, 0.2) is 0 Å². The van der Waals surface area contributed by atoms with E-state index in [-0.39, 0.29) is 5.91 Å². The van der Waals surface area contributed by atoms with E-state index in [1.165, 1.54) is 4.90 Å². The maximum atomic E-state index is 11.2. The third-order valence-electron chi connectivity index (χ3n) is 2.07. The van der Waals surface area contributed by atoms with E-state index in [1.807, 2.05) is 6.07 Å². The van der Waals surface area contributed by atoms with Gasteiger partial charge >= 0.3 is 0 Å². The second-order valence-electron chi connectivity index (χ2n) is 3.52. The van der Waals surface area contributed by atoms with Gasteiger partial charge in [-0.05, 0) is 24.3 Å². The highest BCUT2D eigenvalue weighted by molar-refractivity contribution is 5.75. The summed E-state index contributed by atoms with van der Waals surface area (Å²) in [6.07, 6.45) is 0.354. The van der Waals surface area contributed by atoms with Gasteiger partial charge in [0, 0.05) is 14.1 Å². The van der Waals surface area contributed by atoms with Crippen LogP contribution in [0.3, 0.4) is 0 Å². The molecular weight excluding hydrogens is 204 g/mol. The van der Waals surface area contributed by atoms with Crippen molar-refractivity contribution in [1.29, 1.82) is 5.26 Å². The predicted octanol–water partition coefficient (Wildman–Crippen LogP) is 1.42. The topological polar surface area (TPSA) is 53.3 Å². The first-order valence-electron chi connectivity index (χ1n) is 4.96. The van der Waals surface area contributed by atoms with Crippen LogP contribution in [-0.4, -0.2) is 31.5 Å². The van der Waals surface area contributed by atoms with Gasteiger partial charge in [-0.15, -0.1) is 0 Å². The number of hydrogen-bond acceptors (Lipinski definition) is 3. The van der Waals surface area contributed by atoms with Crippen LogP contribution in [0.15, 0.2) is 24.3 Å². The van der Waals surface area contributed by atoms with Crippen molar-refractivity contribution in [3.8, 4) is 11.8 Å². The number of ether oxygens (including phenoxy) is 1. The maximum Gasteiger partial charge on any atom is 0.225 e. The number of nitriles is 1. The first-order valence-corrected chi connectivity index (χ1v) is 4.96. The van der Waals surface area contributed by atoms with Crippen molar-refractivity contribution in [3.05, 3.63) is 29.8 Å². The molecule has 0 saturated heterocycles. The van der Waals surface area contributed by atoms with Crippen molar-refractivity contribution in [2.75, 3.05) is 20.7 Å². The summed E-state index contributed by atoms with van der Waals surface area (Å²) in [5, 5.41) is 8.60. The van der Waals surface area contributed by atoms with E-state index in [9.17, 15) is 4.79 Å². The molecule has 0 aliphatic carbocycles. The van der Waals surface area contributed by atoms with Crippen LogP contribution in [-0.2, 0) is 4.79 Å². The highest BCUT2D eigenvalue weighted by Crippen LogP contribution is 2.11. The fourth-order valence-corrected chi connectivity index (χ4v) is 1.11. The summed E-state index contributed by atoms with van der Waals surface area (Å²) in [6, 6.07) is 8.84. The summed E-state index contributed by atoms with van der Waals surface area (Å²) in [6.45, 7) is 0.350. The molecule has 0 atom stereocenters. The quantitative estimate of drug-likeness (QED) is 0.767. The summed E-state index contributed by atoms with van der Waals surface area (Å²) >= 11 is 0. The van der Waals surface area contributed by atoms with Crippen LogP contribution >= 0.6 is 0 Å². The second-order valence-corrected chi connectivity index (χ2v) is 3.52. The molecule has 1 aromatic carbocycles. The summed E-state index contributed by atoms with van der Waals surface area (Å²) in [5.41, 5.74) is 0.594. The van der Waals surface area contributed by atoms with E-state index in [1.54, 1.807) is 38.4 Å². The zero-order valence-electron chi connectivity index (χ0n) is 9.43. The lowest BCUT2D eigenvalue weighted by Crippen LogP contribution is -2.23. The molecule has 0 saturated carbocycles. The van der Waals surface area contributed by atoms with Crippen LogP contribution in [0.25, 0.3) is 0 Å². The Bertz CT molecular complexity index is 390. The van der Waals surface area contributed by atoms with E-state index in [0.717, 1.165) is 0 Å². The van der Waals surface area contributed by atoms with Gasteiger partial charge in [-0.3, -0.25) is 4.79 Å². The average Bonchev–Trinajstić information content (AvgIpc) is 2.29. The van der Waals surface area contributed by atoms with Crippen molar-refractivity contribution in [3.63, 3.8) is 0 Å². The highest BCUT2D eigenvalue weighted by Gasteiger charge is 2.03. The van der Waals surface area contributed by atoms with Crippen molar-refractivity contribution < 1.29 is 9.53 Å². The van der Waals surface area contributed by atoms with Crippen LogP contribution in [0, 0.1) is 11.3 Å². The average molecular weight is 218 g/mol. The Hall–Kier alpha value is -2.02. The second kappa shape index (κ2) is 5.76. The first-order chi connectivity index (χ1) is 7.63. The van der Waals surface area contributed by atoms with Crippen LogP contribution in [0.2, 0.25) is 0 Å². The molecule has 1 aromatic rings. The Balaban J connectivity index is 2.38. The Morgan fingerprint density at radius 2 is 2.00 bits per heavy atom. The zero-order valence-corrected chi connectivity index (χ0v) is 9.43. The molecule has 0 spiro atoms. The Morgan fingerprint density at radius 1 is 1.38 bits per heavy atom. The van der Waals surface area contributed by atoms with Gasteiger partial charge in [0.25, 0.3) is 0 Å². The molecule has 4 heteroatoms. The van der Waals surface area contributed by atoms with Crippen LogP contribution in [0.5, 0.6) is 5.75 Å². The van der Waals surface area contributed by atoms with Crippen LogP contribution < -0.4 is 4.74 Å². The Kier molecular flexibility index (Phi) is 4.34. The fraction of sp³-hybridized carbons (Fsp3) is 0.333. The minimum atomic E-state index is 0.0358. The standard InChI is InChI=1S/C12H14N2O2/c1-14(2)12(15)7-8-16-11-5-3-10(9-13)4-6-11/h3-6H,7-8H2,1-2H3. The third kappa shape index (κ3) is 3.62. The number of nitrogens with zero attached hydrogens (tertiary/aromatic N) is 2. The summed E-state index contributed by atoms with van der Waals surface area (Å²) in [5.74, 6) is 0.708. The molecule has 1 amide bonds. The molecule has 0 aliphatic rings. The molecule has 0 aromatic heterocycles. The number of benzene rings is 1. The smallest absolute Gasteiger partial charge is 0.225 e. The normalized spacial score (nSPS) is 9.31. The van der Waals surface area contributed by atoms with Crippen molar-refractivity contribution >= 4 is 5.91 Å². The molecule has 16 heavy (non-hydrogen) atoms. The molecule has 0 unspecified atom stereocenters. The summed E-state index contributed by atoms with van der Waals surface area (Å²) in [4.78, 5) is 12.8. The highest BCUT2D eigenvalue weighted by atomic mass is 16.5. The molecule has 1 rings (SSSR count). The molecule has 0 N–H and O–H groups in total. The molecular formula is C12H14N2O2. The zero-order chi connectivity index (χ0) is 12.0. The molecule has 0 radical (unpaired) electrons. The van der Waals surface area contributed by atoms with E-state index in [0.29, 0.717) is 24.3 Å². The molecule has 4 nitrogen and oxygen atoms in total. The van der Waals surface area contributed by atoms with E-state index in [4.69, 9.17) is 10.00 Å². The third-order valence-corrected chi connectivity index (χ3v) is 2.07. The van der Waals surface area contributed by atoms with Gasteiger partial charge in [-0.1, -0.05) is 0 Å². The molecule has 84 valence electrons. The van der Waals surface area contributed by atoms with E-state index >= 15 is 0 Å². The Labute approximate surface area is 95.0 Å². The van der Waals surface area contributed by atoms with Gasteiger partial charge in [-0.25, -0.2) is 0 Å². The van der Waals surface area contributed by atoms with E-state index < -0.39 is 0 Å². The minimum absolute atomic E-state index is 0.0358. The summed E-state index contributed by atoms with van der Waals surface area (Å²) in [7, 11) is 3.42. The largest absolute Gasteiger partial charge is 0.493 e. The molecule has 0 bridgehead atoms. The van der Waals surface area contributed by atoms with Gasteiger partial charge in [0.2, 0.25) is 5.91 Å². The number of hydrogen-bond donors (Lipinski definition) is 0. The van der Waals surface area contributed by atoms with E-state index in [2.05, 4.69) is 0 Å². The Morgan fingerprint density at radius 3 is 2.50 bits per heavy atom. The monoisotopic (exact) mass is 218 g/mol. The SMILES string of the molecule is CN(C)C(=O)CCOc1ccc(C#N)cc1. The lowest BCUT2D eigenvalue weighted by molar-refractivity contribution is -0.129. The molecule has 0 heterocycles. The predicted molar refractivity (Wildman–Crippen MR) is 60.0 cm³/mol. The van der Waals surface area contributed by atoms with Gasteiger partial charge < -0.3 is 9.64 Å². The van der Waals surface area contributed by atoms with Crippen LogP contribution in [0.1, 0.15) is 12.0 Å². The summed E-state index contributed by atoms with van der Waals surface area (Å²) < 4.78 is 5.37. The fourth-order valence-electron chi connectivity index (χ4n) is 1.11. The van der Waals surface area contributed by atoms with Gasteiger partial charge in [0.1, 0.15) is 5.75 Å². The number of carbonyl (C=O) groups excluding carboxylic acids is 1. The molecule has 0 aliphatic heterocycles. The minimum Gasteiger partial charge on any atom is -0.493 e. The molecule has 0 fully saturated rings. The van der Waals surface area contributed by atoms with Crippen LogP contribution in [0.4, 0.5) is 0 Å². The number of rotatable bonds is 4. The number of carbonyl (C=O) groups is 1. The number of amides is 1. The first kappa shape index (κ1) is 12.1. The van der Waals surface area contributed by atoms with Crippen molar-refractivity contribution in [1.82, 2.24) is 4.90 Å².